The summed E-state index contributed by atoms with van der Waals surface area (Å²) in [5, 5.41) is 6.89. The number of anilines is 1. The van der Waals surface area contributed by atoms with Gasteiger partial charge in [-0.05, 0) is 0 Å². The molecule has 0 fully saturated rings. The maximum atomic E-state index is 5.28. The SMILES string of the molecule is C[n+]1nnn(N)c1N. The molecule has 0 saturated carbocycles. The summed E-state index contributed by atoms with van der Waals surface area (Å²) in [5.74, 6) is 5.46. The maximum Gasteiger partial charge on any atom is 0.385 e. The van der Waals surface area contributed by atoms with Crippen LogP contribution in [0.5, 0.6) is 0 Å². The Kier molecular flexibility index (Phi) is 0.797. The standard InChI is InChI=1S/C2H6N6/c1-7-2(3)8(4)6-5-7/h3H,4H2,1H3/p+1. The maximum absolute atomic E-state index is 5.28. The minimum atomic E-state index is 0.324. The van der Waals surface area contributed by atoms with Crippen LogP contribution in [0.1, 0.15) is 0 Å². The molecule has 0 aromatic carbocycles. The number of nitrogen functional groups attached to an aromatic ring is 2. The molecule has 0 amide bonds. The molecule has 1 aromatic heterocycles. The van der Waals surface area contributed by atoms with Gasteiger partial charge in [0.15, 0.2) is 0 Å². The van der Waals surface area contributed by atoms with Gasteiger partial charge in [0, 0.05) is 4.79 Å². The fraction of sp³-hybridized carbons (Fsp3) is 0.500. The van der Waals surface area contributed by atoms with E-state index in [1.54, 1.807) is 7.05 Å². The Morgan fingerprint density at radius 1 is 1.75 bits per heavy atom. The second-order valence-electron chi connectivity index (χ2n) is 1.41. The molecule has 0 aliphatic heterocycles. The molecule has 0 unspecified atom stereocenters. The van der Waals surface area contributed by atoms with Crippen LogP contribution in [0.25, 0.3) is 0 Å². The summed E-state index contributed by atoms with van der Waals surface area (Å²) in [4.78, 5) is 1.00. The predicted molar refractivity (Wildman–Crippen MR) is 25.8 cm³/mol. The first-order valence-corrected chi connectivity index (χ1v) is 2.04. The van der Waals surface area contributed by atoms with Gasteiger partial charge in [-0.2, -0.15) is 0 Å². The molecule has 6 heteroatoms. The number of hydrogen-bond acceptors (Lipinski definition) is 4. The fourth-order valence-corrected chi connectivity index (χ4v) is 0.343. The average molecular weight is 115 g/mol. The molecule has 44 valence electrons. The molecule has 0 saturated heterocycles. The van der Waals surface area contributed by atoms with E-state index in [0.717, 1.165) is 4.79 Å². The van der Waals surface area contributed by atoms with Crippen LogP contribution in [-0.4, -0.2) is 15.2 Å². The van der Waals surface area contributed by atoms with Crippen LogP contribution in [-0.2, 0) is 7.05 Å². The van der Waals surface area contributed by atoms with Gasteiger partial charge in [0.05, 0.1) is 12.3 Å². The zero-order chi connectivity index (χ0) is 6.15. The molecule has 0 bridgehead atoms. The third kappa shape index (κ3) is 0.462. The van der Waals surface area contributed by atoms with E-state index in [-0.39, 0.29) is 0 Å². The monoisotopic (exact) mass is 115 g/mol. The first kappa shape index (κ1) is 4.82. The smallest absolute Gasteiger partial charge is 0.305 e. The third-order valence-corrected chi connectivity index (χ3v) is 0.837. The molecule has 1 heterocycles. The van der Waals surface area contributed by atoms with Crippen molar-refractivity contribution < 1.29 is 4.68 Å². The van der Waals surface area contributed by atoms with E-state index in [1.165, 1.54) is 4.68 Å². The predicted octanol–water partition coefficient (Wildman–Crippen LogP) is -2.60. The first-order chi connectivity index (χ1) is 3.72. The highest BCUT2D eigenvalue weighted by molar-refractivity contribution is 5.01. The lowest BCUT2D eigenvalue weighted by molar-refractivity contribution is -0.718. The normalized spacial score (nSPS) is 9.62. The molecule has 1 aromatic rings. The first-order valence-electron chi connectivity index (χ1n) is 2.04. The molecule has 8 heavy (non-hydrogen) atoms. The quantitative estimate of drug-likeness (QED) is 0.286. The Morgan fingerprint density at radius 2 is 2.38 bits per heavy atom. The topological polar surface area (TPSA) is 86.6 Å². The minimum absolute atomic E-state index is 0.324. The van der Waals surface area contributed by atoms with E-state index in [4.69, 9.17) is 11.6 Å². The number of tetrazole rings is 1. The second kappa shape index (κ2) is 1.32. The average Bonchev–Trinajstić information content (AvgIpc) is 1.98. The number of hydrogen-bond donors (Lipinski definition) is 2. The Morgan fingerprint density at radius 3 is 2.50 bits per heavy atom. The van der Waals surface area contributed by atoms with Gasteiger partial charge >= 0.3 is 5.95 Å². The third-order valence-electron chi connectivity index (χ3n) is 0.837. The van der Waals surface area contributed by atoms with Gasteiger partial charge in [-0.1, -0.05) is 0 Å². The molecule has 0 radical (unpaired) electrons. The van der Waals surface area contributed by atoms with E-state index >= 15 is 0 Å². The molecule has 0 atom stereocenters. The van der Waals surface area contributed by atoms with Crippen molar-refractivity contribution in [2.75, 3.05) is 11.6 Å². The van der Waals surface area contributed by atoms with Gasteiger partial charge in [-0.15, -0.1) is 4.68 Å². The lowest BCUT2D eigenvalue weighted by Gasteiger charge is -1.79. The van der Waals surface area contributed by atoms with Gasteiger partial charge < -0.3 is 5.73 Å². The van der Waals surface area contributed by atoms with Crippen LogP contribution < -0.4 is 16.3 Å². The highest BCUT2D eigenvalue weighted by atomic mass is 15.7. The van der Waals surface area contributed by atoms with E-state index in [0.29, 0.717) is 5.95 Å². The molecular weight excluding hydrogens is 108 g/mol. The highest BCUT2D eigenvalue weighted by Crippen LogP contribution is 1.75. The van der Waals surface area contributed by atoms with E-state index in [1.807, 2.05) is 0 Å². The van der Waals surface area contributed by atoms with Crippen LogP contribution >= 0.6 is 0 Å². The fourth-order valence-electron chi connectivity index (χ4n) is 0.343. The van der Waals surface area contributed by atoms with Crippen molar-refractivity contribution in [3.63, 3.8) is 0 Å². The molecule has 6 nitrogen and oxygen atoms in total. The van der Waals surface area contributed by atoms with Crippen LogP contribution in [0.3, 0.4) is 0 Å². The summed E-state index contributed by atoms with van der Waals surface area (Å²) in [6, 6.07) is 0. The second-order valence-corrected chi connectivity index (χ2v) is 1.41. The Bertz CT molecular complexity index is 169. The van der Waals surface area contributed by atoms with Gasteiger partial charge in [0.1, 0.15) is 5.21 Å². The summed E-state index contributed by atoms with van der Waals surface area (Å²) in [5.41, 5.74) is 5.28. The zero-order valence-corrected chi connectivity index (χ0v) is 4.44. The Hall–Kier alpha value is -1.33. The van der Waals surface area contributed by atoms with Crippen LogP contribution in [0.15, 0.2) is 0 Å². The molecule has 0 aliphatic rings. The number of rotatable bonds is 0. The molecule has 4 N–H and O–H groups in total. The molecule has 0 spiro atoms. The van der Waals surface area contributed by atoms with E-state index in [9.17, 15) is 0 Å². The van der Waals surface area contributed by atoms with Crippen molar-refractivity contribution in [3.8, 4) is 0 Å². The lowest BCUT2D eigenvalue weighted by Crippen LogP contribution is -2.34. The van der Waals surface area contributed by atoms with Gasteiger partial charge in [-0.25, -0.2) is 0 Å². The Balaban J connectivity index is 3.19. The van der Waals surface area contributed by atoms with Crippen molar-refractivity contribution in [1.82, 2.24) is 15.2 Å². The molecule has 0 aliphatic carbocycles. The summed E-state index contributed by atoms with van der Waals surface area (Å²) in [7, 11) is 1.66. The summed E-state index contributed by atoms with van der Waals surface area (Å²) >= 11 is 0. The molecule has 1 rings (SSSR count). The van der Waals surface area contributed by atoms with Crippen LogP contribution in [0.4, 0.5) is 5.95 Å². The number of nitrogens with zero attached hydrogens (tertiary/aromatic N) is 4. The van der Waals surface area contributed by atoms with Gasteiger partial charge in [0.2, 0.25) is 0 Å². The molecular formula is C2H7N6+. The van der Waals surface area contributed by atoms with Crippen molar-refractivity contribution in [2.45, 2.75) is 0 Å². The largest absolute Gasteiger partial charge is 0.385 e. The number of aromatic nitrogens is 4. The van der Waals surface area contributed by atoms with Gasteiger partial charge in [-0.3, -0.25) is 5.84 Å². The summed E-state index contributed by atoms with van der Waals surface area (Å²) in [6.07, 6.45) is 0. The van der Waals surface area contributed by atoms with Gasteiger partial charge in [0.25, 0.3) is 0 Å². The van der Waals surface area contributed by atoms with Crippen molar-refractivity contribution in [2.24, 2.45) is 7.05 Å². The number of nitrogens with two attached hydrogens (primary N) is 2. The van der Waals surface area contributed by atoms with Crippen molar-refractivity contribution in [1.29, 1.82) is 0 Å². The van der Waals surface area contributed by atoms with E-state index in [2.05, 4.69) is 10.4 Å². The van der Waals surface area contributed by atoms with Crippen LogP contribution in [0.2, 0.25) is 0 Å². The van der Waals surface area contributed by atoms with E-state index < -0.39 is 0 Å². The summed E-state index contributed by atoms with van der Waals surface area (Å²) in [6.45, 7) is 0. The highest BCUT2D eigenvalue weighted by Gasteiger charge is 2.06. The zero-order valence-electron chi connectivity index (χ0n) is 4.44. The van der Waals surface area contributed by atoms with Crippen molar-refractivity contribution in [3.05, 3.63) is 0 Å². The number of aryl methyl sites for hydroxylation is 1. The lowest BCUT2D eigenvalue weighted by atomic mass is 11.0. The Labute approximate surface area is 45.6 Å². The van der Waals surface area contributed by atoms with Crippen molar-refractivity contribution >= 4 is 5.95 Å². The van der Waals surface area contributed by atoms with Crippen LogP contribution in [0, 0.1) is 0 Å². The minimum Gasteiger partial charge on any atom is -0.305 e. The summed E-state index contributed by atoms with van der Waals surface area (Å²) < 4.78 is 1.38.